The predicted molar refractivity (Wildman–Crippen MR) is 109 cm³/mol. The molecule has 30 heavy (non-hydrogen) atoms. The quantitative estimate of drug-likeness (QED) is 0.750. The number of ether oxygens (including phenoxy) is 3. The number of carbonyl (C=O) groups excluding carboxylic acids is 1. The first-order valence-electron chi connectivity index (χ1n) is 9.86. The van der Waals surface area contributed by atoms with E-state index in [2.05, 4.69) is 5.32 Å². The Hall–Kier alpha value is -2.62. The van der Waals surface area contributed by atoms with Crippen molar-refractivity contribution in [1.29, 1.82) is 0 Å². The normalized spacial score (nSPS) is 16.4. The molecule has 2 heterocycles. The van der Waals surface area contributed by atoms with Gasteiger partial charge in [0, 0.05) is 25.2 Å². The van der Waals surface area contributed by atoms with Crippen molar-refractivity contribution in [2.24, 2.45) is 0 Å². The van der Waals surface area contributed by atoms with E-state index in [1.807, 2.05) is 19.1 Å². The number of aryl methyl sites for hydroxylation is 1. The van der Waals surface area contributed by atoms with Crippen molar-refractivity contribution in [3.63, 3.8) is 0 Å². The minimum atomic E-state index is -3.69. The maximum atomic E-state index is 13.1. The van der Waals surface area contributed by atoms with E-state index in [1.165, 1.54) is 10.4 Å². The fourth-order valence-electron chi connectivity index (χ4n) is 3.49. The summed E-state index contributed by atoms with van der Waals surface area (Å²) in [6, 6.07) is 10.3. The number of benzene rings is 2. The van der Waals surface area contributed by atoms with Crippen LogP contribution in [0.3, 0.4) is 0 Å². The highest BCUT2D eigenvalue weighted by molar-refractivity contribution is 7.89. The summed E-state index contributed by atoms with van der Waals surface area (Å²) in [5.74, 6) is 0.986. The van der Waals surface area contributed by atoms with Crippen molar-refractivity contribution in [1.82, 2.24) is 9.62 Å². The van der Waals surface area contributed by atoms with Crippen molar-refractivity contribution < 1.29 is 27.4 Å². The molecular formula is C21H24N2O6S. The van der Waals surface area contributed by atoms with Gasteiger partial charge in [0.05, 0.1) is 18.1 Å². The molecule has 4 rings (SSSR count). The van der Waals surface area contributed by atoms with Gasteiger partial charge in [0.15, 0.2) is 11.5 Å². The molecule has 0 bridgehead atoms. The number of rotatable bonds is 6. The maximum Gasteiger partial charge on any atom is 0.251 e. The van der Waals surface area contributed by atoms with Gasteiger partial charge in [0.25, 0.3) is 5.91 Å². The van der Waals surface area contributed by atoms with E-state index < -0.39 is 10.0 Å². The number of morpholine rings is 1. The zero-order chi connectivity index (χ0) is 21.1. The van der Waals surface area contributed by atoms with Gasteiger partial charge in [-0.05, 0) is 41.8 Å². The Morgan fingerprint density at radius 2 is 1.83 bits per heavy atom. The molecular weight excluding hydrogens is 408 g/mol. The molecule has 1 fully saturated rings. The predicted octanol–water partition coefficient (Wildman–Crippen LogP) is 1.93. The Morgan fingerprint density at radius 3 is 2.60 bits per heavy atom. The number of amides is 1. The lowest BCUT2D eigenvalue weighted by atomic mass is 10.1. The Labute approximate surface area is 175 Å². The second-order valence-electron chi connectivity index (χ2n) is 7.06. The summed E-state index contributed by atoms with van der Waals surface area (Å²) in [7, 11) is -3.69. The van der Waals surface area contributed by atoms with Crippen LogP contribution >= 0.6 is 0 Å². The smallest absolute Gasteiger partial charge is 0.251 e. The van der Waals surface area contributed by atoms with Crippen LogP contribution < -0.4 is 14.8 Å². The summed E-state index contributed by atoms with van der Waals surface area (Å²) < 4.78 is 43.6. The van der Waals surface area contributed by atoms with Gasteiger partial charge in [-0.1, -0.05) is 19.1 Å². The molecule has 160 valence electrons. The van der Waals surface area contributed by atoms with Gasteiger partial charge in [-0.2, -0.15) is 4.31 Å². The van der Waals surface area contributed by atoms with Gasteiger partial charge < -0.3 is 19.5 Å². The van der Waals surface area contributed by atoms with Crippen LogP contribution in [-0.4, -0.2) is 51.7 Å². The molecule has 0 unspecified atom stereocenters. The standard InChI is InChI=1S/C21H24N2O6S/c1-2-16-4-5-17(12-20(16)30(25,26)23-7-9-27-10-8-23)21(24)22-13-15-3-6-18-19(11-15)29-14-28-18/h3-6,11-12H,2,7-10,13-14H2,1H3,(H,22,24). The zero-order valence-electron chi connectivity index (χ0n) is 16.7. The molecule has 0 aromatic heterocycles. The SMILES string of the molecule is CCc1ccc(C(=O)NCc2ccc3c(c2)OCO3)cc1S(=O)(=O)N1CCOCC1. The Balaban J connectivity index is 1.52. The van der Waals surface area contributed by atoms with Crippen LogP contribution in [0.25, 0.3) is 0 Å². The average molecular weight is 432 g/mol. The third-order valence-corrected chi connectivity index (χ3v) is 7.17. The van der Waals surface area contributed by atoms with Crippen LogP contribution in [0, 0.1) is 0 Å². The molecule has 1 amide bonds. The molecule has 0 atom stereocenters. The van der Waals surface area contributed by atoms with E-state index in [9.17, 15) is 13.2 Å². The third-order valence-electron chi connectivity index (χ3n) is 5.19. The van der Waals surface area contributed by atoms with Gasteiger partial charge in [-0.3, -0.25) is 4.79 Å². The molecule has 2 aliphatic heterocycles. The Bertz CT molecular complexity index is 1050. The van der Waals surface area contributed by atoms with Crippen molar-refractivity contribution >= 4 is 15.9 Å². The zero-order valence-corrected chi connectivity index (χ0v) is 17.5. The summed E-state index contributed by atoms with van der Waals surface area (Å²) in [5, 5.41) is 2.84. The highest BCUT2D eigenvalue weighted by Crippen LogP contribution is 2.32. The molecule has 2 aromatic carbocycles. The fraction of sp³-hybridized carbons (Fsp3) is 0.381. The van der Waals surface area contributed by atoms with Crippen LogP contribution in [0.4, 0.5) is 0 Å². The minimum Gasteiger partial charge on any atom is -0.454 e. The molecule has 2 aliphatic rings. The largest absolute Gasteiger partial charge is 0.454 e. The molecule has 0 saturated carbocycles. The third kappa shape index (κ3) is 4.14. The first-order chi connectivity index (χ1) is 14.5. The van der Waals surface area contributed by atoms with E-state index in [0.29, 0.717) is 55.4 Å². The highest BCUT2D eigenvalue weighted by atomic mass is 32.2. The van der Waals surface area contributed by atoms with Crippen molar-refractivity contribution in [2.45, 2.75) is 24.8 Å². The summed E-state index contributed by atoms with van der Waals surface area (Å²) in [4.78, 5) is 12.9. The van der Waals surface area contributed by atoms with Crippen molar-refractivity contribution in [3.8, 4) is 11.5 Å². The average Bonchev–Trinajstić information content (AvgIpc) is 3.25. The number of nitrogens with zero attached hydrogens (tertiary/aromatic N) is 1. The summed E-state index contributed by atoms with van der Waals surface area (Å²) in [5.41, 5.74) is 1.85. The molecule has 2 aromatic rings. The van der Waals surface area contributed by atoms with Gasteiger partial charge in [-0.15, -0.1) is 0 Å². The van der Waals surface area contributed by atoms with Crippen LogP contribution in [0.15, 0.2) is 41.3 Å². The first-order valence-corrected chi connectivity index (χ1v) is 11.3. The minimum absolute atomic E-state index is 0.183. The van der Waals surface area contributed by atoms with Crippen LogP contribution in [0.1, 0.15) is 28.4 Å². The maximum absolute atomic E-state index is 13.1. The Kier molecular flexibility index (Phi) is 5.94. The van der Waals surface area contributed by atoms with E-state index in [-0.39, 0.29) is 24.1 Å². The second kappa shape index (κ2) is 8.63. The number of carbonyl (C=O) groups is 1. The number of hydrogen-bond donors (Lipinski definition) is 1. The lowest BCUT2D eigenvalue weighted by molar-refractivity contribution is 0.0730. The van der Waals surface area contributed by atoms with E-state index in [1.54, 1.807) is 18.2 Å². The number of sulfonamides is 1. The van der Waals surface area contributed by atoms with Crippen molar-refractivity contribution in [3.05, 3.63) is 53.1 Å². The van der Waals surface area contributed by atoms with Gasteiger partial charge in [0.1, 0.15) is 0 Å². The monoisotopic (exact) mass is 432 g/mol. The molecule has 9 heteroatoms. The topological polar surface area (TPSA) is 94.2 Å². The molecule has 0 spiro atoms. The van der Waals surface area contributed by atoms with Crippen LogP contribution in [0.5, 0.6) is 11.5 Å². The fourth-order valence-corrected chi connectivity index (χ4v) is 5.22. The number of fused-ring (bicyclic) bond motifs is 1. The molecule has 1 saturated heterocycles. The van der Waals surface area contributed by atoms with Crippen molar-refractivity contribution in [2.75, 3.05) is 33.1 Å². The van der Waals surface area contributed by atoms with Crippen LogP contribution in [0.2, 0.25) is 0 Å². The second-order valence-corrected chi connectivity index (χ2v) is 8.97. The molecule has 0 aliphatic carbocycles. The van der Waals surface area contributed by atoms with E-state index in [0.717, 1.165) is 5.56 Å². The highest BCUT2D eigenvalue weighted by Gasteiger charge is 2.29. The number of hydrogen-bond acceptors (Lipinski definition) is 6. The van der Waals surface area contributed by atoms with Gasteiger partial charge >= 0.3 is 0 Å². The molecule has 1 N–H and O–H groups in total. The first kappa shape index (κ1) is 20.6. The lowest BCUT2D eigenvalue weighted by Gasteiger charge is -2.27. The summed E-state index contributed by atoms with van der Waals surface area (Å²) in [6.07, 6.45) is 0.554. The van der Waals surface area contributed by atoms with Crippen LogP contribution in [-0.2, 0) is 27.7 Å². The van der Waals surface area contributed by atoms with E-state index >= 15 is 0 Å². The molecule has 8 nitrogen and oxygen atoms in total. The number of nitrogens with one attached hydrogen (secondary N) is 1. The summed E-state index contributed by atoms with van der Waals surface area (Å²) in [6.45, 7) is 3.74. The lowest BCUT2D eigenvalue weighted by Crippen LogP contribution is -2.41. The Morgan fingerprint density at radius 1 is 1.07 bits per heavy atom. The summed E-state index contributed by atoms with van der Waals surface area (Å²) >= 11 is 0. The molecule has 0 radical (unpaired) electrons. The van der Waals surface area contributed by atoms with Gasteiger partial charge in [-0.25, -0.2) is 8.42 Å². The van der Waals surface area contributed by atoms with Gasteiger partial charge in [0.2, 0.25) is 16.8 Å². The van der Waals surface area contributed by atoms with E-state index in [4.69, 9.17) is 14.2 Å².